The van der Waals surface area contributed by atoms with E-state index in [9.17, 15) is 0 Å². The van der Waals surface area contributed by atoms with Crippen LogP contribution in [-0.2, 0) is 13.1 Å². The number of nitrogens with two attached hydrogens (primary N) is 1. The molecule has 1 aromatic carbocycles. The van der Waals surface area contributed by atoms with Gasteiger partial charge in [0.15, 0.2) is 0 Å². The van der Waals surface area contributed by atoms with Gasteiger partial charge in [-0.15, -0.1) is 0 Å². The minimum absolute atomic E-state index is 0.354. The fourth-order valence-corrected chi connectivity index (χ4v) is 3.84. The predicted octanol–water partition coefficient (Wildman–Crippen LogP) is 3.41. The van der Waals surface area contributed by atoms with Gasteiger partial charge in [0.2, 0.25) is 5.95 Å². The maximum absolute atomic E-state index is 5.98. The molecule has 2 heterocycles. The summed E-state index contributed by atoms with van der Waals surface area (Å²) < 4.78 is 5.25. The molecule has 1 aliphatic heterocycles. The third-order valence-corrected chi connectivity index (χ3v) is 5.12. The number of nitrogens with zero attached hydrogens (tertiary/aromatic N) is 3. The summed E-state index contributed by atoms with van der Waals surface area (Å²) in [7, 11) is 1.67. The van der Waals surface area contributed by atoms with Gasteiger partial charge in [-0.1, -0.05) is 12.2 Å². The minimum atomic E-state index is 0.354. The van der Waals surface area contributed by atoms with Gasteiger partial charge in [-0.3, -0.25) is 4.90 Å². The van der Waals surface area contributed by atoms with E-state index in [0.29, 0.717) is 5.95 Å². The van der Waals surface area contributed by atoms with Crippen LogP contribution in [0.2, 0.25) is 0 Å². The Balaban J connectivity index is 1.58. The first-order valence-corrected chi connectivity index (χ1v) is 8.90. The number of fused-ring (bicyclic) bond motifs is 1. The Hall–Kier alpha value is -2.40. The maximum Gasteiger partial charge on any atom is 0.220 e. The highest BCUT2D eigenvalue weighted by Gasteiger charge is 2.27. The molecule has 0 radical (unpaired) electrons. The van der Waals surface area contributed by atoms with Crippen molar-refractivity contribution in [3.05, 3.63) is 47.7 Å². The lowest BCUT2D eigenvalue weighted by atomic mass is 9.94. The number of nitrogen functional groups attached to an aromatic ring is 1. The van der Waals surface area contributed by atoms with Crippen LogP contribution in [0.4, 0.5) is 5.95 Å². The lowest BCUT2D eigenvalue weighted by Crippen LogP contribution is -2.25. The zero-order valence-corrected chi connectivity index (χ0v) is 14.6. The second-order valence-electron chi connectivity index (χ2n) is 6.90. The number of hydrogen-bond donors (Lipinski definition) is 1. The Bertz CT molecular complexity index is 785. The number of anilines is 1. The van der Waals surface area contributed by atoms with Crippen molar-refractivity contribution in [2.75, 3.05) is 19.4 Å². The maximum atomic E-state index is 5.98. The van der Waals surface area contributed by atoms with Crippen molar-refractivity contribution in [2.24, 2.45) is 5.92 Å². The van der Waals surface area contributed by atoms with Crippen molar-refractivity contribution in [1.82, 2.24) is 14.9 Å². The number of methoxy groups -OCH3 is 1. The van der Waals surface area contributed by atoms with Gasteiger partial charge in [-0.2, -0.15) is 0 Å². The molecule has 0 saturated carbocycles. The standard InChI is InChI=1S/C20H24N4O/c1-25-16-9-7-15(8-10-16)19-17-12-24(11-14-5-3-2-4-6-14)13-18(17)22-20(21)23-19/h2-3,7-10,14H,4-6,11-13H2,1H3,(H2,21,22,23)/t14-/m1/s1. The molecule has 5 nitrogen and oxygen atoms in total. The molecule has 0 fully saturated rings. The van der Waals surface area contributed by atoms with E-state index in [1.165, 1.54) is 24.8 Å². The molecule has 1 aromatic heterocycles. The van der Waals surface area contributed by atoms with Gasteiger partial charge in [0.25, 0.3) is 0 Å². The van der Waals surface area contributed by atoms with Crippen LogP contribution in [0.15, 0.2) is 36.4 Å². The van der Waals surface area contributed by atoms with Gasteiger partial charge >= 0.3 is 0 Å². The molecule has 2 aliphatic rings. The van der Waals surface area contributed by atoms with E-state index < -0.39 is 0 Å². The number of ether oxygens (including phenoxy) is 1. The predicted molar refractivity (Wildman–Crippen MR) is 99.0 cm³/mol. The largest absolute Gasteiger partial charge is 0.497 e. The molecule has 0 amide bonds. The third-order valence-electron chi connectivity index (χ3n) is 5.12. The second kappa shape index (κ2) is 6.84. The summed E-state index contributed by atoms with van der Waals surface area (Å²) in [6.45, 7) is 2.88. The number of hydrogen-bond acceptors (Lipinski definition) is 5. The Morgan fingerprint density at radius 3 is 2.72 bits per heavy atom. The van der Waals surface area contributed by atoms with E-state index in [1.807, 2.05) is 24.3 Å². The summed E-state index contributed by atoms with van der Waals surface area (Å²) in [5.74, 6) is 1.94. The van der Waals surface area contributed by atoms with E-state index >= 15 is 0 Å². The van der Waals surface area contributed by atoms with Crippen molar-refractivity contribution in [2.45, 2.75) is 32.4 Å². The van der Waals surface area contributed by atoms with E-state index in [2.05, 4.69) is 27.0 Å². The Kier molecular flexibility index (Phi) is 4.40. The van der Waals surface area contributed by atoms with Crippen LogP contribution in [0.3, 0.4) is 0 Å². The van der Waals surface area contributed by atoms with Crippen molar-refractivity contribution in [3.8, 4) is 17.0 Å². The highest BCUT2D eigenvalue weighted by molar-refractivity contribution is 5.66. The second-order valence-corrected chi connectivity index (χ2v) is 6.90. The van der Waals surface area contributed by atoms with Crippen LogP contribution in [0.1, 0.15) is 30.5 Å². The number of aromatic nitrogens is 2. The smallest absolute Gasteiger partial charge is 0.220 e. The first-order chi connectivity index (χ1) is 12.2. The summed E-state index contributed by atoms with van der Waals surface area (Å²) in [5.41, 5.74) is 10.3. The molecule has 1 atom stereocenters. The topological polar surface area (TPSA) is 64.3 Å². The van der Waals surface area contributed by atoms with E-state index in [1.54, 1.807) is 7.11 Å². The highest BCUT2D eigenvalue weighted by atomic mass is 16.5. The lowest BCUT2D eigenvalue weighted by Gasteiger charge is -2.23. The summed E-state index contributed by atoms with van der Waals surface area (Å²) in [6, 6.07) is 7.99. The van der Waals surface area contributed by atoms with Gasteiger partial charge in [0.05, 0.1) is 18.5 Å². The molecule has 130 valence electrons. The Morgan fingerprint density at radius 1 is 1.16 bits per heavy atom. The molecular weight excluding hydrogens is 312 g/mol. The zero-order valence-electron chi connectivity index (χ0n) is 14.6. The average Bonchev–Trinajstić information content (AvgIpc) is 3.04. The molecule has 5 heteroatoms. The molecule has 2 N–H and O–H groups in total. The van der Waals surface area contributed by atoms with E-state index in [0.717, 1.165) is 48.3 Å². The summed E-state index contributed by atoms with van der Waals surface area (Å²) in [5, 5.41) is 0. The minimum Gasteiger partial charge on any atom is -0.497 e. The lowest BCUT2D eigenvalue weighted by molar-refractivity contribution is 0.226. The average molecular weight is 336 g/mol. The van der Waals surface area contributed by atoms with Crippen molar-refractivity contribution in [1.29, 1.82) is 0 Å². The summed E-state index contributed by atoms with van der Waals surface area (Å²) >= 11 is 0. The van der Waals surface area contributed by atoms with Crippen LogP contribution in [0, 0.1) is 5.92 Å². The number of rotatable bonds is 4. The fraction of sp³-hybridized carbons (Fsp3) is 0.400. The van der Waals surface area contributed by atoms with Gasteiger partial charge < -0.3 is 10.5 Å². The molecule has 4 rings (SSSR count). The van der Waals surface area contributed by atoms with Gasteiger partial charge in [-0.05, 0) is 49.4 Å². The molecule has 0 unspecified atom stereocenters. The number of allylic oxidation sites excluding steroid dienone is 2. The van der Waals surface area contributed by atoms with Gasteiger partial charge in [0.1, 0.15) is 5.75 Å². The first kappa shape index (κ1) is 16.1. The normalized spacial score (nSPS) is 19.8. The quantitative estimate of drug-likeness (QED) is 0.867. The van der Waals surface area contributed by atoms with E-state index in [4.69, 9.17) is 10.5 Å². The highest BCUT2D eigenvalue weighted by Crippen LogP contribution is 2.33. The summed E-state index contributed by atoms with van der Waals surface area (Å²) in [6.07, 6.45) is 8.28. The van der Waals surface area contributed by atoms with Crippen molar-refractivity contribution in [3.63, 3.8) is 0 Å². The molecule has 1 aliphatic carbocycles. The van der Waals surface area contributed by atoms with Gasteiger partial charge in [-0.25, -0.2) is 9.97 Å². The van der Waals surface area contributed by atoms with Crippen LogP contribution >= 0.6 is 0 Å². The number of benzene rings is 1. The van der Waals surface area contributed by atoms with Crippen LogP contribution in [0.5, 0.6) is 5.75 Å². The van der Waals surface area contributed by atoms with Crippen LogP contribution < -0.4 is 10.5 Å². The SMILES string of the molecule is COc1ccc(-c2nc(N)nc3c2CN(C[C@@H]2CC=CCC2)C3)cc1. The summed E-state index contributed by atoms with van der Waals surface area (Å²) in [4.78, 5) is 11.5. The van der Waals surface area contributed by atoms with Gasteiger partial charge in [0, 0.05) is 30.8 Å². The zero-order chi connectivity index (χ0) is 17.2. The molecule has 2 aromatic rings. The first-order valence-electron chi connectivity index (χ1n) is 8.90. The van der Waals surface area contributed by atoms with E-state index in [-0.39, 0.29) is 0 Å². The molecule has 0 saturated heterocycles. The fourth-order valence-electron chi connectivity index (χ4n) is 3.84. The molecule has 25 heavy (non-hydrogen) atoms. The molecule has 0 bridgehead atoms. The van der Waals surface area contributed by atoms with Crippen LogP contribution in [0.25, 0.3) is 11.3 Å². The molecular formula is C20H24N4O. The van der Waals surface area contributed by atoms with Crippen molar-refractivity contribution < 1.29 is 4.74 Å². The molecule has 0 spiro atoms. The monoisotopic (exact) mass is 336 g/mol. The Labute approximate surface area is 148 Å². The van der Waals surface area contributed by atoms with Crippen molar-refractivity contribution >= 4 is 5.95 Å². The van der Waals surface area contributed by atoms with Crippen LogP contribution in [-0.4, -0.2) is 28.5 Å². The Morgan fingerprint density at radius 2 is 2.00 bits per heavy atom. The third kappa shape index (κ3) is 3.37.